The molecule has 0 fully saturated rings. The van der Waals surface area contributed by atoms with Gasteiger partial charge in [-0.05, 0) is 36.2 Å². The molecule has 3 N–H and O–H groups in total. The maximum absolute atomic E-state index is 11.9. The summed E-state index contributed by atoms with van der Waals surface area (Å²) in [5.74, 6) is 0. The van der Waals surface area contributed by atoms with Crippen molar-refractivity contribution in [1.29, 1.82) is 0 Å². The van der Waals surface area contributed by atoms with Crippen LogP contribution in [0.1, 0.15) is 5.56 Å². The van der Waals surface area contributed by atoms with Crippen molar-refractivity contribution >= 4 is 63.8 Å². The van der Waals surface area contributed by atoms with Gasteiger partial charge in [-0.3, -0.25) is 4.72 Å². The largest absolute Gasteiger partial charge is 0.337 e. The Hall–Kier alpha value is -1.60. The Balaban J connectivity index is 1.49. The number of H-pyrrole nitrogens is 1. The van der Waals surface area contributed by atoms with Gasteiger partial charge in [0.1, 0.15) is 0 Å². The fourth-order valence-corrected chi connectivity index (χ4v) is 3.51. The van der Waals surface area contributed by atoms with Gasteiger partial charge in [0.2, 0.25) is 0 Å². The molecule has 1 aromatic heterocycles. The highest BCUT2D eigenvalue weighted by atomic mass is 35.5. The highest BCUT2D eigenvalue weighted by molar-refractivity contribution is 7.97. The number of hydrogen-bond acceptors (Lipinski definition) is 3. The van der Waals surface area contributed by atoms with Gasteiger partial charge in [0.15, 0.2) is 5.16 Å². The average molecular weight is 416 g/mol. The molecule has 2 aromatic carbocycles. The van der Waals surface area contributed by atoms with E-state index in [1.165, 1.54) is 0 Å². The van der Waals surface area contributed by atoms with Crippen LogP contribution in [0.25, 0.3) is 11.0 Å². The molecule has 2 amide bonds. The normalized spacial score (nSPS) is 10.8. The zero-order chi connectivity index (χ0) is 17.8. The third-order valence-electron chi connectivity index (χ3n) is 3.41. The van der Waals surface area contributed by atoms with Crippen molar-refractivity contribution in [3.05, 3.63) is 57.0 Å². The number of amides is 2. The number of urea groups is 1. The van der Waals surface area contributed by atoms with Gasteiger partial charge in [-0.15, -0.1) is 0 Å². The summed E-state index contributed by atoms with van der Waals surface area (Å²) in [6.45, 7) is 0.367. The predicted octanol–water partition coefficient (Wildman–Crippen LogP) is 5.07. The zero-order valence-corrected chi connectivity index (χ0v) is 15.9. The Bertz CT molecular complexity index is 883. The number of imidazole rings is 1. The minimum absolute atomic E-state index is 0.334. The lowest BCUT2D eigenvalue weighted by molar-refractivity contribution is 0.246. The number of para-hydroxylation sites is 2. The minimum Gasteiger partial charge on any atom is -0.337 e. The summed E-state index contributed by atoms with van der Waals surface area (Å²) < 4.78 is 2.67. The van der Waals surface area contributed by atoms with Crippen molar-refractivity contribution in [3.8, 4) is 0 Å². The molecule has 0 aliphatic rings. The van der Waals surface area contributed by atoms with Gasteiger partial charge >= 0.3 is 6.03 Å². The number of carbonyl (C=O) groups is 1. The number of benzene rings is 2. The molecule has 0 spiro atoms. The maximum Gasteiger partial charge on any atom is 0.325 e. The molecule has 3 aromatic rings. The lowest BCUT2D eigenvalue weighted by atomic mass is 10.1. The second-order valence-electron chi connectivity index (χ2n) is 5.09. The van der Waals surface area contributed by atoms with Gasteiger partial charge in [-0.25, -0.2) is 9.78 Å². The molecule has 0 aliphatic carbocycles. The Labute approximate surface area is 163 Å². The van der Waals surface area contributed by atoms with Crippen LogP contribution in [0.15, 0.2) is 41.6 Å². The lowest BCUT2D eigenvalue weighted by Gasteiger charge is -2.09. The summed E-state index contributed by atoms with van der Waals surface area (Å²) in [5, 5.41) is 4.71. The third-order valence-corrected chi connectivity index (χ3v) is 5.28. The van der Waals surface area contributed by atoms with Crippen LogP contribution in [-0.2, 0) is 6.42 Å². The van der Waals surface area contributed by atoms with E-state index in [1.807, 2.05) is 24.3 Å². The topological polar surface area (TPSA) is 69.8 Å². The Kier molecular flexibility index (Phi) is 5.96. The van der Waals surface area contributed by atoms with Crippen LogP contribution < -0.4 is 10.0 Å². The van der Waals surface area contributed by atoms with E-state index in [-0.39, 0.29) is 6.03 Å². The van der Waals surface area contributed by atoms with Gasteiger partial charge in [0.05, 0.1) is 21.1 Å². The third kappa shape index (κ3) is 4.52. The van der Waals surface area contributed by atoms with E-state index in [9.17, 15) is 4.79 Å². The fraction of sp³-hybridized carbons (Fsp3) is 0.125. The Morgan fingerprint density at radius 3 is 2.68 bits per heavy atom. The minimum atomic E-state index is -0.334. The second-order valence-corrected chi connectivity index (χ2v) is 7.08. The number of aromatic amines is 1. The SMILES string of the molecule is O=C(NCCc1c(Cl)ccc(Cl)c1Cl)NSc1nc2ccccc2[nH]1. The molecule has 0 unspecified atom stereocenters. The van der Waals surface area contributed by atoms with Crippen LogP contribution in [0, 0.1) is 0 Å². The smallest absolute Gasteiger partial charge is 0.325 e. The van der Waals surface area contributed by atoms with E-state index >= 15 is 0 Å². The number of aromatic nitrogens is 2. The number of carbonyl (C=O) groups excluding carboxylic acids is 1. The second kappa shape index (κ2) is 8.19. The van der Waals surface area contributed by atoms with Crippen LogP contribution in [-0.4, -0.2) is 22.5 Å². The molecule has 3 rings (SSSR count). The number of nitrogens with one attached hydrogen (secondary N) is 3. The molecule has 0 aliphatic heterocycles. The Morgan fingerprint density at radius 2 is 1.88 bits per heavy atom. The van der Waals surface area contributed by atoms with Gasteiger partial charge in [-0.1, -0.05) is 46.9 Å². The first kappa shape index (κ1) is 18.2. The molecule has 5 nitrogen and oxygen atoms in total. The van der Waals surface area contributed by atoms with Crippen LogP contribution >= 0.6 is 46.8 Å². The molecule has 0 saturated carbocycles. The van der Waals surface area contributed by atoms with Gasteiger partial charge in [-0.2, -0.15) is 0 Å². The first-order valence-corrected chi connectivity index (χ1v) is 9.27. The first-order valence-electron chi connectivity index (χ1n) is 7.32. The summed E-state index contributed by atoms with van der Waals surface area (Å²) in [5.41, 5.74) is 2.47. The van der Waals surface area contributed by atoms with Crippen molar-refractivity contribution in [2.75, 3.05) is 6.54 Å². The molecular formula is C16H13Cl3N4OS. The van der Waals surface area contributed by atoms with Gasteiger partial charge in [0.25, 0.3) is 0 Å². The number of rotatable bonds is 5. The summed E-state index contributed by atoms with van der Waals surface area (Å²) in [6, 6.07) is 10.6. The van der Waals surface area contributed by atoms with Crippen molar-refractivity contribution in [1.82, 2.24) is 20.0 Å². The van der Waals surface area contributed by atoms with E-state index in [4.69, 9.17) is 34.8 Å². The molecule has 1 heterocycles. The van der Waals surface area contributed by atoms with Crippen molar-refractivity contribution in [2.45, 2.75) is 11.6 Å². The standard InChI is InChI=1S/C16H13Cl3N4OS/c17-10-5-6-11(18)14(19)9(10)7-8-20-15(24)23-25-16-21-12-3-1-2-4-13(12)22-16/h1-6H,7-8H2,(H,21,22)(H2,20,23,24). The van der Waals surface area contributed by atoms with Crippen LogP contribution in [0.5, 0.6) is 0 Å². The van der Waals surface area contributed by atoms with E-state index < -0.39 is 0 Å². The summed E-state index contributed by atoms with van der Waals surface area (Å²) in [7, 11) is 0. The predicted molar refractivity (Wildman–Crippen MR) is 104 cm³/mol. The number of fused-ring (bicyclic) bond motifs is 1. The highest BCUT2D eigenvalue weighted by Gasteiger charge is 2.10. The molecule has 0 atom stereocenters. The van der Waals surface area contributed by atoms with Crippen molar-refractivity contribution in [2.24, 2.45) is 0 Å². The molecule has 0 radical (unpaired) electrons. The quantitative estimate of drug-likeness (QED) is 0.402. The summed E-state index contributed by atoms with van der Waals surface area (Å²) >= 11 is 19.3. The summed E-state index contributed by atoms with van der Waals surface area (Å²) in [4.78, 5) is 19.4. The van der Waals surface area contributed by atoms with Crippen LogP contribution in [0.4, 0.5) is 4.79 Å². The monoisotopic (exact) mass is 414 g/mol. The van der Waals surface area contributed by atoms with E-state index in [0.29, 0.717) is 38.8 Å². The maximum atomic E-state index is 11.9. The number of halogens is 3. The Morgan fingerprint density at radius 1 is 1.12 bits per heavy atom. The molecule has 0 saturated heterocycles. The number of nitrogens with zero attached hydrogens (tertiary/aromatic N) is 1. The summed E-state index contributed by atoms with van der Waals surface area (Å²) in [6.07, 6.45) is 0.473. The lowest BCUT2D eigenvalue weighted by Crippen LogP contribution is -2.32. The van der Waals surface area contributed by atoms with E-state index in [1.54, 1.807) is 12.1 Å². The molecule has 130 valence electrons. The molecular weight excluding hydrogens is 403 g/mol. The van der Waals surface area contributed by atoms with Gasteiger partial charge < -0.3 is 10.3 Å². The van der Waals surface area contributed by atoms with Gasteiger partial charge in [0, 0.05) is 23.5 Å². The molecule has 9 heteroatoms. The first-order chi connectivity index (χ1) is 12.0. The van der Waals surface area contributed by atoms with Crippen molar-refractivity contribution in [3.63, 3.8) is 0 Å². The highest BCUT2D eigenvalue weighted by Crippen LogP contribution is 2.31. The van der Waals surface area contributed by atoms with Crippen LogP contribution in [0.2, 0.25) is 15.1 Å². The average Bonchev–Trinajstić information content (AvgIpc) is 3.02. The molecule has 25 heavy (non-hydrogen) atoms. The zero-order valence-electron chi connectivity index (χ0n) is 12.8. The fourth-order valence-electron chi connectivity index (χ4n) is 2.21. The number of hydrogen-bond donors (Lipinski definition) is 3. The van der Waals surface area contributed by atoms with E-state index in [2.05, 4.69) is 20.0 Å². The van der Waals surface area contributed by atoms with E-state index in [0.717, 1.165) is 23.0 Å². The van der Waals surface area contributed by atoms with Crippen molar-refractivity contribution < 1.29 is 4.79 Å². The molecule has 0 bridgehead atoms. The van der Waals surface area contributed by atoms with Crippen LogP contribution in [0.3, 0.4) is 0 Å².